The number of unbranched alkanes of at least 4 members (excludes halogenated alkanes) is 4. The lowest BCUT2D eigenvalue weighted by Gasteiger charge is -2.24. The van der Waals surface area contributed by atoms with Crippen LogP contribution >= 0.6 is 0 Å². The summed E-state index contributed by atoms with van der Waals surface area (Å²) >= 11 is 0. The fourth-order valence-electron chi connectivity index (χ4n) is 3.19. The van der Waals surface area contributed by atoms with E-state index in [1.165, 1.54) is 6.42 Å². The Morgan fingerprint density at radius 2 is 1.61 bits per heavy atom. The summed E-state index contributed by atoms with van der Waals surface area (Å²) in [7, 11) is 0. The number of carbonyl (C=O) groups is 2. The van der Waals surface area contributed by atoms with Gasteiger partial charge in [0, 0.05) is 6.42 Å². The molecule has 166 valence electrons. The molecule has 2 aromatic rings. The average molecular weight is 424 g/mol. The van der Waals surface area contributed by atoms with Crippen molar-refractivity contribution in [2.45, 2.75) is 57.6 Å². The average Bonchev–Trinajstić information content (AvgIpc) is 2.81. The van der Waals surface area contributed by atoms with Crippen molar-refractivity contribution in [3.8, 4) is 0 Å². The highest BCUT2D eigenvalue weighted by molar-refractivity contribution is 5.89. The summed E-state index contributed by atoms with van der Waals surface area (Å²) in [6.07, 6.45) is 8.36. The highest BCUT2D eigenvalue weighted by Crippen LogP contribution is 2.12. The molecule has 2 aromatic carbocycles. The summed E-state index contributed by atoms with van der Waals surface area (Å²) in [6, 6.07) is 17.5. The lowest BCUT2D eigenvalue weighted by atomic mass is 10.1. The molecular weight excluding hydrogens is 390 g/mol. The van der Waals surface area contributed by atoms with Crippen molar-refractivity contribution in [1.29, 1.82) is 0 Å². The molecule has 2 N–H and O–H groups in total. The van der Waals surface area contributed by atoms with E-state index in [0.29, 0.717) is 12.0 Å². The lowest BCUT2D eigenvalue weighted by Crippen LogP contribution is -2.46. The van der Waals surface area contributed by atoms with Gasteiger partial charge < -0.3 is 15.2 Å². The van der Waals surface area contributed by atoms with Crippen LogP contribution in [0.4, 0.5) is 0 Å². The fraction of sp³-hybridized carbons (Fsp3) is 0.385. The number of benzene rings is 2. The molecule has 0 fully saturated rings. The van der Waals surface area contributed by atoms with Crippen LogP contribution in [0.1, 0.15) is 61.4 Å². The van der Waals surface area contributed by atoms with Crippen molar-refractivity contribution >= 4 is 18.0 Å². The van der Waals surface area contributed by atoms with E-state index in [4.69, 9.17) is 4.74 Å². The van der Waals surface area contributed by atoms with E-state index in [9.17, 15) is 14.7 Å². The fourth-order valence-corrected chi connectivity index (χ4v) is 3.19. The zero-order valence-corrected chi connectivity index (χ0v) is 18.2. The summed E-state index contributed by atoms with van der Waals surface area (Å²) in [4.78, 5) is 25.0. The minimum absolute atomic E-state index is 0.149. The largest absolute Gasteiger partial charge is 0.452 e. The van der Waals surface area contributed by atoms with E-state index in [1.807, 2.05) is 42.5 Å². The first kappa shape index (κ1) is 24.4. The molecule has 0 spiro atoms. The first-order valence-corrected chi connectivity index (χ1v) is 11.0. The number of aliphatic hydroxyl groups is 1. The van der Waals surface area contributed by atoms with Crippen molar-refractivity contribution in [3.63, 3.8) is 0 Å². The topological polar surface area (TPSA) is 75.6 Å². The van der Waals surface area contributed by atoms with Crippen LogP contribution in [0.2, 0.25) is 0 Å². The van der Waals surface area contributed by atoms with Gasteiger partial charge in [-0.1, -0.05) is 87.2 Å². The van der Waals surface area contributed by atoms with Crippen LogP contribution in [-0.2, 0) is 9.53 Å². The number of ether oxygens (including phenoxy) is 1. The number of aliphatic hydroxyl groups excluding tert-OH is 1. The monoisotopic (exact) mass is 423 g/mol. The number of nitrogens with one attached hydrogen (secondary N) is 1. The molecule has 2 atom stereocenters. The summed E-state index contributed by atoms with van der Waals surface area (Å²) in [5.74, 6) is -0.653. The molecular formula is C26H33NO4. The lowest BCUT2D eigenvalue weighted by molar-refractivity contribution is -0.123. The Hall–Kier alpha value is -2.92. The van der Waals surface area contributed by atoms with Gasteiger partial charge in [-0.3, -0.25) is 4.79 Å². The van der Waals surface area contributed by atoms with Gasteiger partial charge in [-0.05, 0) is 30.2 Å². The Balaban J connectivity index is 2.06. The molecule has 0 unspecified atom stereocenters. The van der Waals surface area contributed by atoms with Crippen LogP contribution < -0.4 is 5.32 Å². The first-order chi connectivity index (χ1) is 15.1. The van der Waals surface area contributed by atoms with Crippen molar-refractivity contribution in [3.05, 3.63) is 77.9 Å². The number of hydrogen-bond acceptors (Lipinski definition) is 4. The molecule has 0 bridgehead atoms. The Labute approximate surface area is 185 Å². The Morgan fingerprint density at radius 3 is 2.26 bits per heavy atom. The molecule has 5 heteroatoms. The molecule has 2 rings (SSSR count). The quantitative estimate of drug-likeness (QED) is 0.360. The van der Waals surface area contributed by atoms with Gasteiger partial charge in [-0.25, -0.2) is 4.79 Å². The maximum Gasteiger partial charge on any atom is 0.338 e. The van der Waals surface area contributed by atoms with E-state index in [-0.39, 0.29) is 12.5 Å². The van der Waals surface area contributed by atoms with Crippen LogP contribution in [0, 0.1) is 0 Å². The summed E-state index contributed by atoms with van der Waals surface area (Å²) < 4.78 is 5.67. The van der Waals surface area contributed by atoms with Crippen LogP contribution in [0.5, 0.6) is 0 Å². The minimum Gasteiger partial charge on any atom is -0.452 e. The molecule has 0 radical (unpaired) electrons. The van der Waals surface area contributed by atoms with Gasteiger partial charge in [0.2, 0.25) is 5.91 Å². The van der Waals surface area contributed by atoms with Gasteiger partial charge in [0.05, 0.1) is 18.2 Å². The third-order valence-electron chi connectivity index (χ3n) is 4.98. The van der Waals surface area contributed by atoms with Gasteiger partial charge in [0.25, 0.3) is 0 Å². The van der Waals surface area contributed by atoms with Gasteiger partial charge in [-0.2, -0.15) is 0 Å². The maximum absolute atomic E-state index is 12.6. The second-order valence-corrected chi connectivity index (χ2v) is 7.53. The van der Waals surface area contributed by atoms with E-state index < -0.39 is 18.1 Å². The first-order valence-electron chi connectivity index (χ1n) is 11.0. The third kappa shape index (κ3) is 9.18. The molecule has 1 amide bonds. The van der Waals surface area contributed by atoms with Gasteiger partial charge in [0.1, 0.15) is 6.10 Å². The van der Waals surface area contributed by atoms with E-state index in [1.54, 1.807) is 30.3 Å². The predicted molar refractivity (Wildman–Crippen MR) is 124 cm³/mol. The number of esters is 1. The van der Waals surface area contributed by atoms with Crippen molar-refractivity contribution in [2.75, 3.05) is 6.61 Å². The standard InChI is InChI=1S/C26H33NO4/c1-2-3-4-5-12-17-25(29)27-23(20-28)24(19-18-21-13-8-6-9-14-21)31-26(30)22-15-10-7-11-16-22/h6-11,13-16,18-19,23-24,28H,2-5,12,17,20H2,1H3,(H,27,29)/b19-18+/t23-,24+/m0/s1. The number of hydrogen-bond donors (Lipinski definition) is 2. The van der Waals surface area contributed by atoms with Crippen molar-refractivity contribution < 1.29 is 19.4 Å². The van der Waals surface area contributed by atoms with E-state index >= 15 is 0 Å². The zero-order chi connectivity index (χ0) is 22.3. The molecule has 0 aromatic heterocycles. The zero-order valence-electron chi connectivity index (χ0n) is 18.2. The molecule has 0 heterocycles. The van der Waals surface area contributed by atoms with E-state index in [0.717, 1.165) is 31.2 Å². The van der Waals surface area contributed by atoms with Crippen molar-refractivity contribution in [2.24, 2.45) is 0 Å². The molecule has 0 aliphatic heterocycles. The molecule has 31 heavy (non-hydrogen) atoms. The number of amides is 1. The minimum atomic E-state index is -0.804. The normalized spacial score (nSPS) is 13.0. The van der Waals surface area contributed by atoms with Crippen LogP contribution in [0.3, 0.4) is 0 Å². The van der Waals surface area contributed by atoms with Crippen molar-refractivity contribution in [1.82, 2.24) is 5.32 Å². The second-order valence-electron chi connectivity index (χ2n) is 7.53. The van der Waals surface area contributed by atoms with Crippen LogP contribution in [-0.4, -0.2) is 35.7 Å². The Morgan fingerprint density at radius 1 is 0.968 bits per heavy atom. The summed E-state index contributed by atoms with van der Waals surface area (Å²) in [5, 5.41) is 12.8. The van der Waals surface area contributed by atoms with Crippen LogP contribution in [0.15, 0.2) is 66.7 Å². The summed E-state index contributed by atoms with van der Waals surface area (Å²) in [6.45, 7) is 1.81. The van der Waals surface area contributed by atoms with Gasteiger partial charge >= 0.3 is 5.97 Å². The smallest absolute Gasteiger partial charge is 0.338 e. The summed E-state index contributed by atoms with van der Waals surface area (Å²) in [5.41, 5.74) is 1.35. The van der Waals surface area contributed by atoms with Gasteiger partial charge in [0.15, 0.2) is 0 Å². The molecule has 0 saturated carbocycles. The molecule has 0 saturated heterocycles. The maximum atomic E-state index is 12.6. The number of rotatable bonds is 13. The van der Waals surface area contributed by atoms with E-state index in [2.05, 4.69) is 12.2 Å². The highest BCUT2D eigenvalue weighted by Gasteiger charge is 2.25. The Kier molecular flexibility index (Phi) is 11.1. The van der Waals surface area contributed by atoms with Gasteiger partial charge in [-0.15, -0.1) is 0 Å². The molecule has 0 aliphatic carbocycles. The predicted octanol–water partition coefficient (Wildman–Crippen LogP) is 4.76. The number of carbonyl (C=O) groups excluding carboxylic acids is 2. The SMILES string of the molecule is CCCCCCCC(=O)N[C@@H](CO)[C@@H](/C=C/c1ccccc1)OC(=O)c1ccccc1. The van der Waals surface area contributed by atoms with Crippen LogP contribution in [0.25, 0.3) is 6.08 Å². The Bertz CT molecular complexity index is 805. The second kappa shape index (κ2) is 14.1. The molecule has 5 nitrogen and oxygen atoms in total. The molecule has 0 aliphatic rings. The third-order valence-corrected chi connectivity index (χ3v) is 4.98. The highest BCUT2D eigenvalue weighted by atomic mass is 16.5.